The number of aliphatic hydroxyl groups is 4. The number of aliphatic hydroxyl groups excluding tert-OH is 4. The van der Waals surface area contributed by atoms with Gasteiger partial charge < -0.3 is 39.7 Å². The van der Waals surface area contributed by atoms with Crippen LogP contribution >= 0.6 is 0 Å². The maximum atomic E-state index is 12.1. The van der Waals surface area contributed by atoms with E-state index in [2.05, 4.69) is 0 Å². The molecule has 9 nitrogen and oxygen atoms in total. The maximum Gasteiger partial charge on any atom is 0.342 e. The second kappa shape index (κ2) is 9.21. The van der Waals surface area contributed by atoms with Crippen LogP contribution in [0.4, 0.5) is 0 Å². The standard InChI is InChI=1S/C20H22O9/c21-9-11-5-1-4-8-14(11)28-20-18(25)17(24)16(23)15(29-20)10-27-19(26)12-6-2-3-7-13(12)22/h1-8,15-18,20-25H,9-10H2. The van der Waals surface area contributed by atoms with Gasteiger partial charge in [-0.2, -0.15) is 0 Å². The third-order valence-electron chi connectivity index (χ3n) is 4.56. The summed E-state index contributed by atoms with van der Waals surface area (Å²) >= 11 is 0. The van der Waals surface area contributed by atoms with Gasteiger partial charge in [0.15, 0.2) is 0 Å². The van der Waals surface area contributed by atoms with Gasteiger partial charge >= 0.3 is 5.97 Å². The van der Waals surface area contributed by atoms with Gasteiger partial charge in [0.05, 0.1) is 6.61 Å². The highest BCUT2D eigenvalue weighted by Gasteiger charge is 2.45. The van der Waals surface area contributed by atoms with Crippen molar-refractivity contribution in [1.29, 1.82) is 0 Å². The fraction of sp³-hybridized carbons (Fsp3) is 0.350. The highest BCUT2D eigenvalue weighted by Crippen LogP contribution is 2.27. The van der Waals surface area contributed by atoms with Crippen molar-refractivity contribution in [2.75, 3.05) is 6.61 Å². The second-order valence-electron chi connectivity index (χ2n) is 6.51. The number of phenolic OH excluding ortho intramolecular Hbond substituents is 1. The van der Waals surface area contributed by atoms with Gasteiger partial charge in [0.25, 0.3) is 0 Å². The van der Waals surface area contributed by atoms with Crippen LogP contribution in [0, 0.1) is 0 Å². The highest BCUT2D eigenvalue weighted by atomic mass is 16.7. The summed E-state index contributed by atoms with van der Waals surface area (Å²) in [6.45, 7) is -0.772. The Hall–Kier alpha value is -2.69. The lowest BCUT2D eigenvalue weighted by Crippen LogP contribution is -2.60. The molecule has 2 aromatic carbocycles. The molecule has 1 aliphatic rings. The van der Waals surface area contributed by atoms with Gasteiger partial charge in [0.2, 0.25) is 6.29 Å². The molecule has 0 aliphatic carbocycles. The first-order chi connectivity index (χ1) is 13.9. The largest absolute Gasteiger partial charge is 0.507 e. The maximum absolute atomic E-state index is 12.1. The molecule has 9 heteroatoms. The first-order valence-corrected chi connectivity index (χ1v) is 8.92. The summed E-state index contributed by atoms with van der Waals surface area (Å²) in [5, 5.41) is 49.6. The van der Waals surface area contributed by atoms with Crippen LogP contribution in [-0.4, -0.2) is 68.8 Å². The molecular formula is C20H22O9. The van der Waals surface area contributed by atoms with E-state index in [1.807, 2.05) is 0 Å². The first-order valence-electron chi connectivity index (χ1n) is 8.92. The van der Waals surface area contributed by atoms with E-state index in [1.165, 1.54) is 12.1 Å². The van der Waals surface area contributed by atoms with Crippen molar-refractivity contribution in [1.82, 2.24) is 0 Å². The predicted molar refractivity (Wildman–Crippen MR) is 98.1 cm³/mol. The third kappa shape index (κ3) is 4.66. The molecule has 1 heterocycles. The lowest BCUT2D eigenvalue weighted by atomic mass is 9.99. The molecule has 0 bridgehead atoms. The topological polar surface area (TPSA) is 146 Å². The zero-order chi connectivity index (χ0) is 21.0. The molecule has 2 aromatic rings. The first kappa shape index (κ1) is 21.0. The Labute approximate surface area is 166 Å². The van der Waals surface area contributed by atoms with Crippen LogP contribution in [0.15, 0.2) is 48.5 Å². The van der Waals surface area contributed by atoms with Gasteiger partial charge in [-0.1, -0.05) is 30.3 Å². The van der Waals surface area contributed by atoms with Crippen molar-refractivity contribution >= 4 is 5.97 Å². The van der Waals surface area contributed by atoms with Crippen LogP contribution in [-0.2, 0) is 16.1 Å². The second-order valence-corrected chi connectivity index (χ2v) is 6.51. The van der Waals surface area contributed by atoms with E-state index in [0.717, 1.165) is 0 Å². The Kier molecular flexibility index (Phi) is 6.68. The van der Waals surface area contributed by atoms with Gasteiger partial charge in [-0.3, -0.25) is 0 Å². The lowest BCUT2D eigenvalue weighted by molar-refractivity contribution is -0.277. The molecule has 0 aromatic heterocycles. The van der Waals surface area contributed by atoms with Crippen LogP contribution < -0.4 is 4.74 Å². The number of para-hydroxylation sites is 2. The van der Waals surface area contributed by atoms with Gasteiger partial charge in [0, 0.05) is 5.56 Å². The molecule has 5 N–H and O–H groups in total. The number of carbonyl (C=O) groups is 1. The summed E-state index contributed by atoms with van der Waals surface area (Å²) in [4.78, 5) is 12.1. The van der Waals surface area contributed by atoms with Crippen LogP contribution in [0.1, 0.15) is 15.9 Å². The van der Waals surface area contributed by atoms with Crippen molar-refractivity contribution in [3.63, 3.8) is 0 Å². The van der Waals surface area contributed by atoms with Crippen molar-refractivity contribution in [3.8, 4) is 11.5 Å². The average Bonchev–Trinajstić information content (AvgIpc) is 2.73. The number of phenols is 1. The Balaban J connectivity index is 1.69. The molecule has 0 radical (unpaired) electrons. The average molecular weight is 406 g/mol. The number of benzene rings is 2. The van der Waals surface area contributed by atoms with E-state index in [9.17, 15) is 30.3 Å². The molecular weight excluding hydrogens is 384 g/mol. The number of carbonyl (C=O) groups excluding carboxylic acids is 1. The number of rotatable bonds is 6. The van der Waals surface area contributed by atoms with E-state index < -0.39 is 43.3 Å². The molecule has 1 fully saturated rings. The van der Waals surface area contributed by atoms with Crippen LogP contribution in [0.2, 0.25) is 0 Å². The molecule has 3 rings (SSSR count). The van der Waals surface area contributed by atoms with E-state index in [-0.39, 0.29) is 23.7 Å². The Morgan fingerprint density at radius 2 is 1.66 bits per heavy atom. The number of aromatic hydroxyl groups is 1. The van der Waals surface area contributed by atoms with Crippen molar-refractivity contribution < 1.29 is 44.5 Å². The zero-order valence-corrected chi connectivity index (χ0v) is 15.3. The summed E-state index contributed by atoms with van der Waals surface area (Å²) in [6.07, 6.45) is -7.33. The minimum Gasteiger partial charge on any atom is -0.507 e. The number of esters is 1. The van der Waals surface area contributed by atoms with E-state index in [0.29, 0.717) is 5.56 Å². The monoisotopic (exact) mass is 406 g/mol. The summed E-state index contributed by atoms with van der Waals surface area (Å²) < 4.78 is 16.1. The summed E-state index contributed by atoms with van der Waals surface area (Å²) in [6, 6.07) is 12.3. The predicted octanol–water partition coefficient (Wildman–Crippen LogP) is -0.0721. The minimum atomic E-state index is -1.62. The van der Waals surface area contributed by atoms with Gasteiger partial charge in [0.1, 0.15) is 48.1 Å². The Morgan fingerprint density at radius 3 is 2.38 bits per heavy atom. The number of hydrogen-bond acceptors (Lipinski definition) is 9. The van der Waals surface area contributed by atoms with Gasteiger partial charge in [-0.25, -0.2) is 4.79 Å². The van der Waals surface area contributed by atoms with Crippen LogP contribution in [0.25, 0.3) is 0 Å². The smallest absolute Gasteiger partial charge is 0.342 e. The van der Waals surface area contributed by atoms with Gasteiger partial charge in [-0.05, 0) is 18.2 Å². The molecule has 156 valence electrons. The van der Waals surface area contributed by atoms with Crippen molar-refractivity contribution in [2.24, 2.45) is 0 Å². The molecule has 0 saturated carbocycles. The van der Waals surface area contributed by atoms with Crippen molar-refractivity contribution in [3.05, 3.63) is 59.7 Å². The minimum absolute atomic E-state index is 0.0666. The van der Waals surface area contributed by atoms with Crippen molar-refractivity contribution in [2.45, 2.75) is 37.3 Å². The summed E-state index contributed by atoms with van der Waals surface area (Å²) in [5.74, 6) is -0.880. The summed E-state index contributed by atoms with van der Waals surface area (Å²) in [7, 11) is 0. The van der Waals surface area contributed by atoms with E-state index >= 15 is 0 Å². The van der Waals surface area contributed by atoms with Crippen LogP contribution in [0.3, 0.4) is 0 Å². The molecule has 0 spiro atoms. The SMILES string of the molecule is O=C(OCC1OC(Oc2ccccc2CO)C(O)C(O)C1O)c1ccccc1O. The molecule has 5 unspecified atom stereocenters. The molecule has 29 heavy (non-hydrogen) atoms. The molecule has 0 amide bonds. The number of hydrogen-bond donors (Lipinski definition) is 5. The van der Waals surface area contributed by atoms with Gasteiger partial charge in [-0.15, -0.1) is 0 Å². The molecule has 1 saturated heterocycles. The van der Waals surface area contributed by atoms with E-state index in [4.69, 9.17) is 14.2 Å². The number of ether oxygens (including phenoxy) is 3. The Morgan fingerprint density at radius 1 is 0.966 bits per heavy atom. The fourth-order valence-corrected chi connectivity index (χ4v) is 2.91. The molecule has 1 aliphatic heterocycles. The summed E-state index contributed by atoms with van der Waals surface area (Å²) in [5.41, 5.74) is 0.370. The normalized spacial score (nSPS) is 26.7. The zero-order valence-electron chi connectivity index (χ0n) is 15.3. The third-order valence-corrected chi connectivity index (χ3v) is 4.56. The fourth-order valence-electron chi connectivity index (χ4n) is 2.91. The molecule has 5 atom stereocenters. The Bertz CT molecular complexity index is 840. The van der Waals surface area contributed by atoms with E-state index in [1.54, 1.807) is 36.4 Å². The lowest BCUT2D eigenvalue weighted by Gasteiger charge is -2.40. The quantitative estimate of drug-likeness (QED) is 0.416. The van der Waals surface area contributed by atoms with Crippen LogP contribution in [0.5, 0.6) is 11.5 Å². The highest BCUT2D eigenvalue weighted by molar-refractivity contribution is 5.92.